The minimum absolute atomic E-state index is 0.0742. The van der Waals surface area contributed by atoms with E-state index < -0.39 is 5.97 Å². The Kier molecular flexibility index (Phi) is 4.24. The van der Waals surface area contributed by atoms with E-state index in [1.54, 1.807) is 24.5 Å². The Morgan fingerprint density at radius 2 is 2.20 bits per heavy atom. The molecular weight excluding hydrogens is 260 g/mol. The first-order valence-electron chi connectivity index (χ1n) is 6.21. The molecule has 0 atom stereocenters. The molecule has 0 unspecified atom stereocenters. The maximum absolute atomic E-state index is 11.3. The summed E-state index contributed by atoms with van der Waals surface area (Å²) in [6.07, 6.45) is 3.45. The molecule has 0 aliphatic rings. The number of para-hydroxylation sites is 1. The highest BCUT2D eigenvalue weighted by atomic mass is 16.5. The molecule has 6 nitrogen and oxygen atoms in total. The molecule has 20 heavy (non-hydrogen) atoms. The third kappa shape index (κ3) is 2.90. The number of hydrogen-bond donors (Lipinski definition) is 1. The molecule has 1 heterocycles. The van der Waals surface area contributed by atoms with Crippen LogP contribution in [-0.4, -0.2) is 27.2 Å². The van der Waals surface area contributed by atoms with Gasteiger partial charge in [-0.2, -0.15) is 0 Å². The van der Waals surface area contributed by atoms with E-state index in [1.165, 1.54) is 6.07 Å². The van der Waals surface area contributed by atoms with Gasteiger partial charge in [-0.1, -0.05) is 6.07 Å². The predicted octanol–water partition coefficient (Wildman–Crippen LogP) is 2.10. The van der Waals surface area contributed by atoms with Crippen LogP contribution in [0.15, 0.2) is 30.6 Å². The fourth-order valence-electron chi connectivity index (χ4n) is 1.77. The number of hydrogen-bond acceptors (Lipinski definition) is 4. The van der Waals surface area contributed by atoms with Gasteiger partial charge >= 0.3 is 5.97 Å². The average molecular weight is 276 g/mol. The smallest absolute Gasteiger partial charge is 0.339 e. The second-order valence-electron chi connectivity index (χ2n) is 4.11. The van der Waals surface area contributed by atoms with Crippen molar-refractivity contribution in [2.75, 3.05) is 6.61 Å². The number of ether oxygens (including phenoxy) is 2. The summed E-state index contributed by atoms with van der Waals surface area (Å²) >= 11 is 0. The monoisotopic (exact) mass is 276 g/mol. The van der Waals surface area contributed by atoms with Gasteiger partial charge in [0.05, 0.1) is 6.61 Å². The third-order valence-corrected chi connectivity index (χ3v) is 2.78. The SMILES string of the molecule is CCOc1cccc(C(=O)O)c1OCc1nccn1C. The van der Waals surface area contributed by atoms with Crippen LogP contribution in [0.4, 0.5) is 0 Å². The highest BCUT2D eigenvalue weighted by molar-refractivity contribution is 5.92. The standard InChI is InChI=1S/C14H16N2O4/c1-3-19-11-6-4-5-10(14(17)18)13(11)20-9-12-15-7-8-16(12)2/h4-8H,3,9H2,1-2H3,(H,17,18). The topological polar surface area (TPSA) is 73.6 Å². The van der Waals surface area contributed by atoms with Crippen molar-refractivity contribution in [1.82, 2.24) is 9.55 Å². The van der Waals surface area contributed by atoms with Crippen LogP contribution in [0.25, 0.3) is 0 Å². The van der Waals surface area contributed by atoms with Gasteiger partial charge in [-0.25, -0.2) is 9.78 Å². The number of carbonyl (C=O) groups is 1. The summed E-state index contributed by atoms with van der Waals surface area (Å²) in [7, 11) is 1.85. The Labute approximate surface area is 116 Å². The van der Waals surface area contributed by atoms with Crippen LogP contribution >= 0.6 is 0 Å². The van der Waals surface area contributed by atoms with E-state index in [9.17, 15) is 9.90 Å². The normalized spacial score (nSPS) is 10.3. The first kappa shape index (κ1) is 13.9. The molecule has 0 saturated carbocycles. The number of benzene rings is 1. The van der Waals surface area contributed by atoms with E-state index in [1.807, 2.05) is 18.5 Å². The Bertz CT molecular complexity index is 607. The molecule has 6 heteroatoms. The molecule has 1 aromatic carbocycles. The van der Waals surface area contributed by atoms with Crippen molar-refractivity contribution in [3.05, 3.63) is 42.0 Å². The number of carboxylic acid groups (broad SMARTS) is 1. The molecule has 0 fully saturated rings. The third-order valence-electron chi connectivity index (χ3n) is 2.78. The largest absolute Gasteiger partial charge is 0.490 e. The molecular formula is C14H16N2O4. The average Bonchev–Trinajstić information content (AvgIpc) is 2.83. The van der Waals surface area contributed by atoms with E-state index in [0.29, 0.717) is 18.2 Å². The second kappa shape index (κ2) is 6.10. The minimum Gasteiger partial charge on any atom is -0.490 e. The quantitative estimate of drug-likeness (QED) is 0.874. The molecule has 106 valence electrons. The summed E-state index contributed by atoms with van der Waals surface area (Å²) in [5, 5.41) is 9.21. The van der Waals surface area contributed by atoms with Crippen LogP contribution < -0.4 is 9.47 Å². The number of carboxylic acids is 1. The lowest BCUT2D eigenvalue weighted by molar-refractivity contribution is 0.0690. The molecule has 0 saturated heterocycles. The number of aromatic carboxylic acids is 1. The minimum atomic E-state index is -1.05. The molecule has 1 N–H and O–H groups in total. The van der Waals surface area contributed by atoms with Crippen LogP contribution in [-0.2, 0) is 13.7 Å². The van der Waals surface area contributed by atoms with Crippen molar-refractivity contribution >= 4 is 5.97 Å². The lowest BCUT2D eigenvalue weighted by Crippen LogP contribution is -2.08. The van der Waals surface area contributed by atoms with Gasteiger partial charge in [-0.3, -0.25) is 0 Å². The van der Waals surface area contributed by atoms with Crippen LogP contribution in [0.5, 0.6) is 11.5 Å². The first-order chi connectivity index (χ1) is 9.63. The van der Waals surface area contributed by atoms with Gasteiger partial charge in [0.15, 0.2) is 11.5 Å². The molecule has 2 rings (SSSR count). The maximum Gasteiger partial charge on any atom is 0.339 e. The molecule has 1 aromatic heterocycles. The second-order valence-corrected chi connectivity index (χ2v) is 4.11. The van der Waals surface area contributed by atoms with Crippen molar-refractivity contribution < 1.29 is 19.4 Å². The Morgan fingerprint density at radius 1 is 1.40 bits per heavy atom. The number of aryl methyl sites for hydroxylation is 1. The molecule has 0 spiro atoms. The van der Waals surface area contributed by atoms with E-state index in [-0.39, 0.29) is 17.9 Å². The fourth-order valence-corrected chi connectivity index (χ4v) is 1.77. The van der Waals surface area contributed by atoms with E-state index in [0.717, 1.165) is 0 Å². The van der Waals surface area contributed by atoms with Gasteiger partial charge < -0.3 is 19.1 Å². The highest BCUT2D eigenvalue weighted by Gasteiger charge is 2.17. The summed E-state index contributed by atoms with van der Waals surface area (Å²) in [5.41, 5.74) is 0.0742. The fraction of sp³-hybridized carbons (Fsp3) is 0.286. The summed E-state index contributed by atoms with van der Waals surface area (Å²) in [5.74, 6) is 0.292. The van der Waals surface area contributed by atoms with E-state index in [4.69, 9.17) is 9.47 Å². The molecule has 0 aliphatic heterocycles. The van der Waals surface area contributed by atoms with Gasteiger partial charge in [-0.05, 0) is 19.1 Å². The number of aromatic nitrogens is 2. The molecule has 0 aliphatic carbocycles. The first-order valence-corrected chi connectivity index (χ1v) is 6.21. The van der Waals surface area contributed by atoms with Gasteiger partial charge in [-0.15, -0.1) is 0 Å². The van der Waals surface area contributed by atoms with Crippen LogP contribution in [0.1, 0.15) is 23.1 Å². The summed E-state index contributed by atoms with van der Waals surface area (Å²) in [6, 6.07) is 4.80. The Balaban J connectivity index is 2.28. The Morgan fingerprint density at radius 3 is 2.80 bits per heavy atom. The van der Waals surface area contributed by atoms with Crippen molar-refractivity contribution in [3.63, 3.8) is 0 Å². The van der Waals surface area contributed by atoms with Crippen LogP contribution in [0, 0.1) is 0 Å². The van der Waals surface area contributed by atoms with Crippen LogP contribution in [0.3, 0.4) is 0 Å². The highest BCUT2D eigenvalue weighted by Crippen LogP contribution is 2.32. The Hall–Kier alpha value is -2.50. The maximum atomic E-state index is 11.3. The van der Waals surface area contributed by atoms with Crippen molar-refractivity contribution in [2.24, 2.45) is 7.05 Å². The zero-order valence-corrected chi connectivity index (χ0v) is 11.4. The van der Waals surface area contributed by atoms with Gasteiger partial charge in [0.25, 0.3) is 0 Å². The summed E-state index contributed by atoms with van der Waals surface area (Å²) < 4.78 is 12.8. The van der Waals surface area contributed by atoms with Crippen molar-refractivity contribution in [3.8, 4) is 11.5 Å². The lowest BCUT2D eigenvalue weighted by atomic mass is 10.2. The van der Waals surface area contributed by atoms with Crippen LogP contribution in [0.2, 0.25) is 0 Å². The summed E-state index contributed by atoms with van der Waals surface area (Å²) in [4.78, 5) is 15.4. The summed E-state index contributed by atoms with van der Waals surface area (Å²) in [6.45, 7) is 2.44. The van der Waals surface area contributed by atoms with Gasteiger partial charge in [0, 0.05) is 19.4 Å². The predicted molar refractivity (Wildman–Crippen MR) is 72.1 cm³/mol. The zero-order chi connectivity index (χ0) is 14.5. The molecule has 0 bridgehead atoms. The van der Waals surface area contributed by atoms with Crippen molar-refractivity contribution in [1.29, 1.82) is 0 Å². The molecule has 2 aromatic rings. The van der Waals surface area contributed by atoms with Gasteiger partial charge in [0.1, 0.15) is 18.0 Å². The number of nitrogens with zero attached hydrogens (tertiary/aromatic N) is 2. The lowest BCUT2D eigenvalue weighted by Gasteiger charge is -2.14. The molecule has 0 amide bonds. The number of imidazole rings is 1. The van der Waals surface area contributed by atoms with Crippen molar-refractivity contribution in [2.45, 2.75) is 13.5 Å². The molecule has 0 radical (unpaired) electrons. The van der Waals surface area contributed by atoms with Gasteiger partial charge in [0.2, 0.25) is 0 Å². The number of rotatable bonds is 6. The van der Waals surface area contributed by atoms with E-state index in [2.05, 4.69) is 4.98 Å². The zero-order valence-electron chi connectivity index (χ0n) is 11.4. The van der Waals surface area contributed by atoms with E-state index >= 15 is 0 Å².